The second-order valence-corrected chi connectivity index (χ2v) is 8.59. The molecule has 1 saturated heterocycles. The van der Waals surface area contributed by atoms with Crippen molar-refractivity contribution < 1.29 is 19.1 Å². The van der Waals surface area contributed by atoms with Crippen molar-refractivity contribution in [1.29, 1.82) is 0 Å². The summed E-state index contributed by atoms with van der Waals surface area (Å²) in [4.78, 5) is 33.0. The van der Waals surface area contributed by atoms with Gasteiger partial charge in [-0.3, -0.25) is 9.69 Å². The first-order valence-electron chi connectivity index (χ1n) is 10.1. The summed E-state index contributed by atoms with van der Waals surface area (Å²) in [6, 6.07) is 9.21. The molecule has 0 unspecified atom stereocenters. The molecule has 1 aromatic carbocycles. The molecule has 0 aliphatic carbocycles. The Morgan fingerprint density at radius 2 is 2.00 bits per heavy atom. The number of hydrogen-bond acceptors (Lipinski definition) is 5. The van der Waals surface area contributed by atoms with Crippen LogP contribution in [0.4, 0.5) is 10.6 Å². The van der Waals surface area contributed by atoms with Crippen molar-refractivity contribution in [1.82, 2.24) is 9.88 Å². The molecule has 1 aliphatic rings. The van der Waals surface area contributed by atoms with Crippen LogP contribution < -0.4 is 9.64 Å². The molecule has 0 N–H and O–H groups in total. The minimum Gasteiger partial charge on any atom is -0.497 e. The predicted molar refractivity (Wildman–Crippen MR) is 122 cm³/mol. The zero-order chi connectivity index (χ0) is 22.4. The molecule has 1 aliphatic heterocycles. The number of carbonyl (C=O) groups excluding carboxylic acids is 2. The van der Waals surface area contributed by atoms with Gasteiger partial charge in [0.15, 0.2) is 0 Å². The monoisotopic (exact) mass is 509 g/mol. The Hall–Kier alpha value is -2.32. The van der Waals surface area contributed by atoms with E-state index in [1.807, 2.05) is 31.2 Å². The number of amides is 2. The van der Waals surface area contributed by atoms with Gasteiger partial charge in [0, 0.05) is 19.3 Å². The largest absolute Gasteiger partial charge is 0.497 e. The second-order valence-electron chi connectivity index (χ2n) is 7.30. The summed E-state index contributed by atoms with van der Waals surface area (Å²) in [6.07, 6.45) is 2.92. The summed E-state index contributed by atoms with van der Waals surface area (Å²) in [5, 5.41) is 0.470. The van der Waals surface area contributed by atoms with E-state index in [9.17, 15) is 9.59 Å². The number of anilines is 1. The number of unbranched alkanes of at least 4 members (excludes halogenated alkanes) is 1. The van der Waals surface area contributed by atoms with E-state index < -0.39 is 0 Å². The highest BCUT2D eigenvalue weighted by Crippen LogP contribution is 2.31. The molecule has 31 heavy (non-hydrogen) atoms. The van der Waals surface area contributed by atoms with Gasteiger partial charge in [0.1, 0.15) is 11.6 Å². The number of carbonyl (C=O) groups is 2. The summed E-state index contributed by atoms with van der Waals surface area (Å²) < 4.78 is 11.1. The van der Waals surface area contributed by atoms with Crippen LogP contribution in [0.15, 0.2) is 41.0 Å². The lowest BCUT2D eigenvalue weighted by Crippen LogP contribution is -2.56. The lowest BCUT2D eigenvalue weighted by Gasteiger charge is -2.39. The Kier molecular flexibility index (Phi) is 8.15. The molecule has 1 aromatic heterocycles. The van der Waals surface area contributed by atoms with Gasteiger partial charge in [-0.1, -0.05) is 37.1 Å². The molecule has 166 valence electrons. The number of aromatic nitrogens is 1. The summed E-state index contributed by atoms with van der Waals surface area (Å²) in [6.45, 7) is 3.41. The van der Waals surface area contributed by atoms with E-state index in [2.05, 4.69) is 20.9 Å². The van der Waals surface area contributed by atoms with Crippen molar-refractivity contribution in [2.75, 3.05) is 31.7 Å². The van der Waals surface area contributed by atoms with Gasteiger partial charge in [-0.2, -0.15) is 0 Å². The minimum atomic E-state index is -0.370. The van der Waals surface area contributed by atoms with Crippen LogP contribution in [0, 0.1) is 5.92 Å². The van der Waals surface area contributed by atoms with Gasteiger partial charge >= 0.3 is 6.09 Å². The maximum atomic E-state index is 13.3. The fourth-order valence-electron chi connectivity index (χ4n) is 3.18. The SMILES string of the molecule is CCCCOC(=O)N1CC(C(=O)N(Cc2ccc(OC)cc2)c2ncc(Cl)cc2Br)C1. The van der Waals surface area contributed by atoms with Crippen molar-refractivity contribution >= 4 is 45.3 Å². The highest BCUT2D eigenvalue weighted by Gasteiger charge is 2.39. The number of ether oxygens (including phenoxy) is 2. The normalized spacial score (nSPS) is 13.5. The number of methoxy groups -OCH3 is 1. The number of halogens is 2. The Labute approximate surface area is 195 Å². The zero-order valence-corrected chi connectivity index (χ0v) is 19.9. The maximum Gasteiger partial charge on any atom is 0.409 e. The van der Waals surface area contributed by atoms with Crippen molar-refractivity contribution in [3.63, 3.8) is 0 Å². The molecular formula is C22H25BrClN3O4. The third-order valence-electron chi connectivity index (χ3n) is 5.02. The molecular weight excluding hydrogens is 486 g/mol. The first-order chi connectivity index (χ1) is 14.9. The molecule has 2 amide bonds. The van der Waals surface area contributed by atoms with Gasteiger partial charge in [-0.25, -0.2) is 9.78 Å². The zero-order valence-electron chi connectivity index (χ0n) is 17.5. The van der Waals surface area contributed by atoms with Crippen LogP contribution >= 0.6 is 27.5 Å². The van der Waals surface area contributed by atoms with Gasteiger partial charge in [-0.05, 0) is 46.1 Å². The first kappa shape index (κ1) is 23.3. The van der Waals surface area contributed by atoms with Crippen LogP contribution in [-0.4, -0.2) is 48.7 Å². The van der Waals surface area contributed by atoms with Crippen LogP contribution in [-0.2, 0) is 16.1 Å². The standard InChI is InChI=1S/C22H25BrClN3O4/c1-3-4-9-31-22(29)26-13-16(14-26)21(28)27(20-19(23)10-17(24)11-25-20)12-15-5-7-18(30-2)8-6-15/h5-8,10-11,16H,3-4,9,12-14H2,1-2H3. The molecule has 0 atom stereocenters. The highest BCUT2D eigenvalue weighted by atomic mass is 79.9. The average molecular weight is 511 g/mol. The summed E-state index contributed by atoms with van der Waals surface area (Å²) in [7, 11) is 1.61. The van der Waals surface area contributed by atoms with Crippen LogP contribution in [0.5, 0.6) is 5.75 Å². The Morgan fingerprint density at radius 1 is 1.29 bits per heavy atom. The molecule has 0 radical (unpaired) electrons. The molecule has 2 heterocycles. The minimum absolute atomic E-state index is 0.107. The maximum absolute atomic E-state index is 13.3. The van der Waals surface area contributed by atoms with Crippen molar-refractivity contribution in [3.05, 3.63) is 51.6 Å². The first-order valence-corrected chi connectivity index (χ1v) is 11.3. The van der Waals surface area contributed by atoms with E-state index in [4.69, 9.17) is 21.1 Å². The fraction of sp³-hybridized carbons (Fsp3) is 0.409. The van der Waals surface area contributed by atoms with Crippen LogP contribution in [0.1, 0.15) is 25.3 Å². The fourth-order valence-corrected chi connectivity index (χ4v) is 4.03. The molecule has 0 saturated carbocycles. The predicted octanol–water partition coefficient (Wildman–Crippen LogP) is 4.91. The van der Waals surface area contributed by atoms with Crippen LogP contribution in [0.2, 0.25) is 5.02 Å². The van der Waals surface area contributed by atoms with E-state index >= 15 is 0 Å². The topological polar surface area (TPSA) is 72.0 Å². The van der Waals surface area contributed by atoms with Gasteiger partial charge in [0.25, 0.3) is 0 Å². The van der Waals surface area contributed by atoms with E-state index in [0.717, 1.165) is 24.2 Å². The summed E-state index contributed by atoms with van der Waals surface area (Å²) >= 11 is 9.50. The summed E-state index contributed by atoms with van der Waals surface area (Å²) in [5.74, 6) is 0.795. The third kappa shape index (κ3) is 5.89. The van der Waals surface area contributed by atoms with E-state index in [0.29, 0.717) is 41.6 Å². The van der Waals surface area contributed by atoms with E-state index in [1.54, 1.807) is 23.0 Å². The van der Waals surface area contributed by atoms with Gasteiger partial charge in [-0.15, -0.1) is 0 Å². The molecule has 0 spiro atoms. The van der Waals surface area contributed by atoms with Crippen molar-refractivity contribution in [2.45, 2.75) is 26.3 Å². The van der Waals surface area contributed by atoms with E-state index in [1.165, 1.54) is 6.20 Å². The number of nitrogens with zero attached hydrogens (tertiary/aromatic N) is 3. The van der Waals surface area contributed by atoms with Gasteiger partial charge in [0.05, 0.1) is 35.7 Å². The number of pyridine rings is 1. The lowest BCUT2D eigenvalue weighted by atomic mass is 9.98. The van der Waals surface area contributed by atoms with E-state index in [-0.39, 0.29) is 17.9 Å². The molecule has 7 nitrogen and oxygen atoms in total. The lowest BCUT2D eigenvalue weighted by molar-refractivity contribution is -0.126. The van der Waals surface area contributed by atoms with Gasteiger partial charge in [0.2, 0.25) is 5.91 Å². The smallest absolute Gasteiger partial charge is 0.409 e. The molecule has 1 fully saturated rings. The average Bonchev–Trinajstić information content (AvgIpc) is 2.72. The molecule has 2 aromatic rings. The molecule has 3 rings (SSSR count). The Bertz CT molecular complexity index is 919. The van der Waals surface area contributed by atoms with Crippen molar-refractivity contribution in [2.24, 2.45) is 5.92 Å². The number of hydrogen-bond donors (Lipinski definition) is 0. The van der Waals surface area contributed by atoms with Crippen LogP contribution in [0.3, 0.4) is 0 Å². The van der Waals surface area contributed by atoms with Gasteiger partial charge < -0.3 is 14.4 Å². The summed E-state index contributed by atoms with van der Waals surface area (Å²) in [5.41, 5.74) is 0.924. The number of benzene rings is 1. The molecule has 9 heteroatoms. The Balaban J connectivity index is 1.73. The molecule has 0 bridgehead atoms. The highest BCUT2D eigenvalue weighted by molar-refractivity contribution is 9.10. The Morgan fingerprint density at radius 3 is 2.61 bits per heavy atom. The van der Waals surface area contributed by atoms with Crippen LogP contribution in [0.25, 0.3) is 0 Å². The van der Waals surface area contributed by atoms with Crippen molar-refractivity contribution in [3.8, 4) is 5.75 Å². The number of likely N-dealkylation sites (tertiary alicyclic amines) is 1. The quantitative estimate of drug-likeness (QED) is 0.472. The number of rotatable bonds is 8. The third-order valence-corrected chi connectivity index (χ3v) is 5.81. The second kappa shape index (κ2) is 10.8.